The van der Waals surface area contributed by atoms with E-state index in [0.29, 0.717) is 6.54 Å². The average Bonchev–Trinajstić information content (AvgIpc) is 2.85. The van der Waals surface area contributed by atoms with E-state index in [-0.39, 0.29) is 0 Å². The summed E-state index contributed by atoms with van der Waals surface area (Å²) >= 11 is 1.78. The zero-order chi connectivity index (χ0) is 14.4. The minimum absolute atomic E-state index is 0.699. The summed E-state index contributed by atoms with van der Waals surface area (Å²) in [5.74, 6) is 0.918. The van der Waals surface area contributed by atoms with Crippen LogP contribution in [0.3, 0.4) is 0 Å². The Kier molecular flexibility index (Phi) is 5.18. The fraction of sp³-hybridized carbons (Fsp3) is 0.312. The van der Waals surface area contributed by atoms with E-state index in [0.717, 1.165) is 12.5 Å². The number of aryl methyl sites for hydroxylation is 1. The highest BCUT2D eigenvalue weighted by molar-refractivity contribution is 7.10. The van der Waals surface area contributed by atoms with Gasteiger partial charge in [0.2, 0.25) is 0 Å². The molecule has 3 nitrogen and oxygen atoms in total. The minimum Gasteiger partial charge on any atom is -0.351 e. The molecule has 4 heteroatoms. The molecular formula is C16H21N3S. The van der Waals surface area contributed by atoms with E-state index in [1.54, 1.807) is 11.3 Å². The molecule has 0 saturated heterocycles. The monoisotopic (exact) mass is 287 g/mol. The predicted octanol–water partition coefficient (Wildman–Crippen LogP) is 3.26. The topological polar surface area (TPSA) is 27.6 Å². The van der Waals surface area contributed by atoms with Crippen LogP contribution < -0.4 is 5.32 Å². The predicted molar refractivity (Wildman–Crippen MR) is 87.2 cm³/mol. The van der Waals surface area contributed by atoms with E-state index in [1.165, 1.54) is 16.0 Å². The number of hydrogen-bond donors (Lipinski definition) is 1. The second-order valence-corrected chi connectivity index (χ2v) is 5.90. The van der Waals surface area contributed by atoms with Gasteiger partial charge in [-0.2, -0.15) is 0 Å². The molecule has 0 aliphatic carbocycles. The summed E-state index contributed by atoms with van der Waals surface area (Å²) in [6.45, 7) is 3.67. The lowest BCUT2D eigenvalue weighted by molar-refractivity contribution is 0.579. The number of rotatable bonds is 4. The van der Waals surface area contributed by atoms with Crippen LogP contribution in [0.5, 0.6) is 0 Å². The van der Waals surface area contributed by atoms with Crippen molar-refractivity contribution in [1.82, 2.24) is 10.2 Å². The van der Waals surface area contributed by atoms with Crippen LogP contribution in [0.15, 0.2) is 46.8 Å². The van der Waals surface area contributed by atoms with E-state index in [2.05, 4.69) is 40.8 Å². The first-order valence-corrected chi connectivity index (χ1v) is 7.57. The Bertz CT molecular complexity index is 558. The standard InChI is InChI=1S/C16H21N3S/c1-13-9-10-20-15(13)12-18-16(19(2)3)17-11-14-7-5-4-6-8-14/h4-10H,11-12H2,1-3H3,(H,17,18). The average molecular weight is 287 g/mol. The molecule has 1 N–H and O–H groups in total. The molecule has 0 spiro atoms. The summed E-state index contributed by atoms with van der Waals surface area (Å²) in [6, 6.07) is 12.5. The molecule has 0 atom stereocenters. The number of aliphatic imine (C=N–C) groups is 1. The van der Waals surface area contributed by atoms with Crippen molar-refractivity contribution in [3.05, 3.63) is 57.8 Å². The zero-order valence-electron chi connectivity index (χ0n) is 12.3. The molecule has 0 unspecified atom stereocenters. The maximum atomic E-state index is 4.66. The number of nitrogens with zero attached hydrogens (tertiary/aromatic N) is 2. The maximum absolute atomic E-state index is 4.66. The van der Waals surface area contributed by atoms with E-state index < -0.39 is 0 Å². The zero-order valence-corrected chi connectivity index (χ0v) is 13.1. The Labute approximate surface area is 125 Å². The molecule has 1 aromatic carbocycles. The van der Waals surface area contributed by atoms with Gasteiger partial charge in [-0.1, -0.05) is 30.3 Å². The smallest absolute Gasteiger partial charge is 0.194 e. The second-order valence-electron chi connectivity index (χ2n) is 4.90. The molecule has 2 rings (SSSR count). The van der Waals surface area contributed by atoms with Crippen molar-refractivity contribution in [2.24, 2.45) is 4.99 Å². The van der Waals surface area contributed by atoms with E-state index in [4.69, 9.17) is 0 Å². The van der Waals surface area contributed by atoms with Crippen molar-refractivity contribution in [3.63, 3.8) is 0 Å². The number of guanidine groups is 1. The summed E-state index contributed by atoms with van der Waals surface area (Å²) in [5.41, 5.74) is 2.56. The molecule has 0 radical (unpaired) electrons. The molecular weight excluding hydrogens is 266 g/mol. The van der Waals surface area contributed by atoms with E-state index >= 15 is 0 Å². The van der Waals surface area contributed by atoms with Crippen LogP contribution in [-0.2, 0) is 13.1 Å². The second kappa shape index (κ2) is 7.10. The molecule has 2 aromatic rings. The van der Waals surface area contributed by atoms with Crippen LogP contribution in [0.4, 0.5) is 0 Å². The SMILES string of the molecule is Cc1ccsc1CNC(=NCc1ccccc1)N(C)C. The van der Waals surface area contributed by atoms with Crippen LogP contribution in [0.2, 0.25) is 0 Å². The number of nitrogens with one attached hydrogen (secondary N) is 1. The summed E-state index contributed by atoms with van der Waals surface area (Å²) in [7, 11) is 4.02. The highest BCUT2D eigenvalue weighted by atomic mass is 32.1. The Morgan fingerprint density at radius 2 is 1.95 bits per heavy atom. The number of thiophene rings is 1. The molecule has 0 amide bonds. The van der Waals surface area contributed by atoms with Crippen LogP contribution >= 0.6 is 11.3 Å². The fourth-order valence-electron chi connectivity index (χ4n) is 1.85. The lowest BCUT2D eigenvalue weighted by Gasteiger charge is -2.17. The molecule has 0 fully saturated rings. The van der Waals surface area contributed by atoms with Gasteiger partial charge in [0, 0.05) is 19.0 Å². The van der Waals surface area contributed by atoms with Gasteiger partial charge in [0.15, 0.2) is 5.96 Å². The molecule has 0 saturated carbocycles. The van der Waals surface area contributed by atoms with Crippen molar-refractivity contribution in [3.8, 4) is 0 Å². The van der Waals surface area contributed by atoms with Crippen molar-refractivity contribution >= 4 is 17.3 Å². The molecule has 0 bridgehead atoms. The normalized spacial score (nSPS) is 11.4. The first-order chi connectivity index (χ1) is 9.66. The minimum atomic E-state index is 0.699. The summed E-state index contributed by atoms with van der Waals surface area (Å²) in [6.07, 6.45) is 0. The Morgan fingerprint density at radius 1 is 1.20 bits per heavy atom. The molecule has 1 aromatic heterocycles. The van der Waals surface area contributed by atoms with Gasteiger partial charge >= 0.3 is 0 Å². The highest BCUT2D eigenvalue weighted by Gasteiger charge is 2.04. The van der Waals surface area contributed by atoms with Crippen molar-refractivity contribution < 1.29 is 0 Å². The van der Waals surface area contributed by atoms with Gasteiger partial charge in [-0.15, -0.1) is 11.3 Å². The van der Waals surface area contributed by atoms with Gasteiger partial charge in [0.05, 0.1) is 13.1 Å². The van der Waals surface area contributed by atoms with Crippen LogP contribution in [0.25, 0.3) is 0 Å². The summed E-state index contributed by atoms with van der Waals surface area (Å²) in [5, 5.41) is 5.55. The van der Waals surface area contributed by atoms with Crippen molar-refractivity contribution in [2.75, 3.05) is 14.1 Å². The molecule has 20 heavy (non-hydrogen) atoms. The van der Waals surface area contributed by atoms with Crippen LogP contribution in [0.1, 0.15) is 16.0 Å². The largest absolute Gasteiger partial charge is 0.351 e. The van der Waals surface area contributed by atoms with Gasteiger partial charge in [-0.05, 0) is 29.5 Å². The fourth-order valence-corrected chi connectivity index (χ4v) is 2.70. The number of benzene rings is 1. The van der Waals surface area contributed by atoms with Gasteiger partial charge < -0.3 is 10.2 Å². The Balaban J connectivity index is 1.98. The lowest BCUT2D eigenvalue weighted by atomic mass is 10.2. The van der Waals surface area contributed by atoms with Gasteiger partial charge in [-0.25, -0.2) is 4.99 Å². The maximum Gasteiger partial charge on any atom is 0.194 e. The third-order valence-corrected chi connectivity index (χ3v) is 4.08. The first-order valence-electron chi connectivity index (χ1n) is 6.69. The molecule has 106 valence electrons. The van der Waals surface area contributed by atoms with E-state index in [9.17, 15) is 0 Å². The molecule has 0 aliphatic heterocycles. The number of hydrogen-bond acceptors (Lipinski definition) is 2. The Morgan fingerprint density at radius 3 is 2.55 bits per heavy atom. The summed E-state index contributed by atoms with van der Waals surface area (Å²) < 4.78 is 0. The van der Waals surface area contributed by atoms with Crippen molar-refractivity contribution in [1.29, 1.82) is 0 Å². The van der Waals surface area contributed by atoms with Crippen molar-refractivity contribution in [2.45, 2.75) is 20.0 Å². The third kappa shape index (κ3) is 4.10. The van der Waals surface area contributed by atoms with Gasteiger partial charge in [0.25, 0.3) is 0 Å². The Hall–Kier alpha value is -1.81. The van der Waals surface area contributed by atoms with Gasteiger partial charge in [0.1, 0.15) is 0 Å². The van der Waals surface area contributed by atoms with Gasteiger partial charge in [-0.3, -0.25) is 0 Å². The van der Waals surface area contributed by atoms with E-state index in [1.807, 2.05) is 37.2 Å². The first kappa shape index (κ1) is 14.6. The van der Waals surface area contributed by atoms with Crippen LogP contribution in [-0.4, -0.2) is 25.0 Å². The quantitative estimate of drug-likeness (QED) is 0.690. The van der Waals surface area contributed by atoms with Crippen LogP contribution in [0, 0.1) is 6.92 Å². The third-order valence-electron chi connectivity index (χ3n) is 3.05. The molecule has 1 heterocycles. The molecule has 0 aliphatic rings. The lowest BCUT2D eigenvalue weighted by Crippen LogP contribution is -2.36. The highest BCUT2D eigenvalue weighted by Crippen LogP contribution is 2.14. The summed E-state index contributed by atoms with van der Waals surface area (Å²) in [4.78, 5) is 8.04.